The van der Waals surface area contributed by atoms with E-state index in [2.05, 4.69) is 15.9 Å². The van der Waals surface area contributed by atoms with Crippen LogP contribution in [-0.2, 0) is 0 Å². The Balaban J connectivity index is 1.84. The molecule has 0 radical (unpaired) electrons. The monoisotopic (exact) mass is 375 g/mol. The standard InChI is InChI=1S/C18H18BrNO3/c19-14-8-6-12(7-9-14)17(22)16-10-15(21)11-20(16)18(23)13-4-2-1-3-5-13/h1-9,15-17,21-22H,10-11H2/t15-,16-,17?/m1/s1. The van der Waals surface area contributed by atoms with Gasteiger partial charge in [0.2, 0.25) is 0 Å². The van der Waals surface area contributed by atoms with Crippen LogP contribution in [-0.4, -0.2) is 39.7 Å². The number of hydrogen-bond acceptors (Lipinski definition) is 3. The number of benzene rings is 2. The lowest BCUT2D eigenvalue weighted by Gasteiger charge is -2.28. The summed E-state index contributed by atoms with van der Waals surface area (Å²) < 4.78 is 0.928. The van der Waals surface area contributed by atoms with Crippen LogP contribution in [0.2, 0.25) is 0 Å². The first kappa shape index (κ1) is 16.2. The van der Waals surface area contributed by atoms with Gasteiger partial charge >= 0.3 is 0 Å². The van der Waals surface area contributed by atoms with Crippen LogP contribution < -0.4 is 0 Å². The predicted molar refractivity (Wildman–Crippen MR) is 91.0 cm³/mol. The van der Waals surface area contributed by atoms with Crippen LogP contribution in [0.1, 0.15) is 28.4 Å². The number of aliphatic hydroxyl groups is 2. The van der Waals surface area contributed by atoms with Gasteiger partial charge in [0, 0.05) is 16.6 Å². The molecular formula is C18H18BrNO3. The van der Waals surface area contributed by atoms with Crippen molar-refractivity contribution in [2.45, 2.75) is 24.7 Å². The fraction of sp³-hybridized carbons (Fsp3) is 0.278. The van der Waals surface area contributed by atoms with Crippen LogP contribution in [0.15, 0.2) is 59.1 Å². The lowest BCUT2D eigenvalue weighted by Crippen LogP contribution is -2.39. The van der Waals surface area contributed by atoms with Crippen molar-refractivity contribution in [1.82, 2.24) is 4.90 Å². The maximum atomic E-state index is 12.7. The van der Waals surface area contributed by atoms with Gasteiger partial charge in [-0.05, 0) is 36.2 Å². The van der Waals surface area contributed by atoms with Gasteiger partial charge in [-0.1, -0.05) is 46.3 Å². The number of likely N-dealkylation sites (tertiary alicyclic amines) is 1. The molecule has 0 spiro atoms. The van der Waals surface area contributed by atoms with E-state index in [1.165, 1.54) is 0 Å². The van der Waals surface area contributed by atoms with E-state index in [0.717, 1.165) is 10.0 Å². The Hall–Kier alpha value is -1.69. The van der Waals surface area contributed by atoms with E-state index in [0.29, 0.717) is 12.0 Å². The number of carbonyl (C=O) groups is 1. The van der Waals surface area contributed by atoms with Crippen LogP contribution in [0.25, 0.3) is 0 Å². The quantitative estimate of drug-likeness (QED) is 0.866. The molecule has 0 aliphatic carbocycles. The Morgan fingerprint density at radius 2 is 1.78 bits per heavy atom. The second kappa shape index (κ2) is 6.83. The van der Waals surface area contributed by atoms with Crippen molar-refractivity contribution < 1.29 is 15.0 Å². The SMILES string of the molecule is O=C(c1ccccc1)N1C[C@H](O)C[C@@H]1C(O)c1ccc(Br)cc1. The molecule has 1 saturated heterocycles. The number of rotatable bonds is 3. The number of nitrogens with zero attached hydrogens (tertiary/aromatic N) is 1. The third-order valence-electron chi connectivity index (χ3n) is 4.18. The summed E-state index contributed by atoms with van der Waals surface area (Å²) in [5.41, 5.74) is 1.30. The van der Waals surface area contributed by atoms with Gasteiger partial charge in [-0.15, -0.1) is 0 Å². The fourth-order valence-corrected chi connectivity index (χ4v) is 3.27. The maximum Gasteiger partial charge on any atom is 0.254 e. The molecule has 23 heavy (non-hydrogen) atoms. The fourth-order valence-electron chi connectivity index (χ4n) is 3.00. The molecule has 1 fully saturated rings. The molecule has 3 rings (SSSR count). The smallest absolute Gasteiger partial charge is 0.254 e. The minimum atomic E-state index is -0.826. The van der Waals surface area contributed by atoms with Crippen molar-refractivity contribution >= 4 is 21.8 Å². The highest BCUT2D eigenvalue weighted by Crippen LogP contribution is 2.31. The highest BCUT2D eigenvalue weighted by Gasteiger charge is 2.39. The summed E-state index contributed by atoms with van der Waals surface area (Å²) in [6, 6.07) is 15.9. The number of carbonyl (C=O) groups excluding carboxylic acids is 1. The Bertz CT molecular complexity index is 674. The Morgan fingerprint density at radius 3 is 2.43 bits per heavy atom. The van der Waals surface area contributed by atoms with Gasteiger partial charge in [-0.3, -0.25) is 4.79 Å². The highest BCUT2D eigenvalue weighted by molar-refractivity contribution is 9.10. The summed E-state index contributed by atoms with van der Waals surface area (Å²) >= 11 is 3.37. The summed E-state index contributed by atoms with van der Waals surface area (Å²) in [5.74, 6) is -0.164. The molecule has 1 heterocycles. The molecule has 2 N–H and O–H groups in total. The van der Waals surface area contributed by atoms with E-state index in [-0.39, 0.29) is 12.5 Å². The summed E-state index contributed by atoms with van der Waals surface area (Å²) in [6.07, 6.45) is -1.07. The Morgan fingerprint density at radius 1 is 1.13 bits per heavy atom. The molecule has 1 amide bonds. The Kier molecular flexibility index (Phi) is 4.80. The normalized spacial score (nSPS) is 22.1. The number of β-amino-alcohol motifs (C(OH)–C–C–N with tert-alkyl or cyclic N) is 1. The molecular weight excluding hydrogens is 358 g/mol. The number of aliphatic hydroxyl groups excluding tert-OH is 2. The minimum Gasteiger partial charge on any atom is -0.391 e. The van der Waals surface area contributed by atoms with Crippen molar-refractivity contribution in [3.63, 3.8) is 0 Å². The molecule has 1 unspecified atom stereocenters. The molecule has 1 aliphatic rings. The van der Waals surface area contributed by atoms with Crippen molar-refractivity contribution in [3.05, 3.63) is 70.2 Å². The molecule has 0 aromatic heterocycles. The molecule has 120 valence electrons. The molecule has 0 bridgehead atoms. The lowest BCUT2D eigenvalue weighted by atomic mass is 9.99. The van der Waals surface area contributed by atoms with Crippen molar-refractivity contribution in [1.29, 1.82) is 0 Å². The van der Waals surface area contributed by atoms with Gasteiger partial charge in [0.15, 0.2) is 0 Å². The summed E-state index contributed by atoms with van der Waals surface area (Å²) in [5, 5.41) is 20.7. The van der Waals surface area contributed by atoms with Crippen LogP contribution >= 0.6 is 15.9 Å². The second-order valence-corrected chi connectivity index (χ2v) is 6.69. The van der Waals surface area contributed by atoms with E-state index in [1.54, 1.807) is 29.2 Å². The van der Waals surface area contributed by atoms with Gasteiger partial charge in [0.1, 0.15) is 0 Å². The molecule has 0 saturated carbocycles. The second-order valence-electron chi connectivity index (χ2n) is 5.78. The third-order valence-corrected chi connectivity index (χ3v) is 4.71. The summed E-state index contributed by atoms with van der Waals surface area (Å²) in [7, 11) is 0. The summed E-state index contributed by atoms with van der Waals surface area (Å²) in [6.45, 7) is 0.242. The zero-order valence-electron chi connectivity index (χ0n) is 12.5. The zero-order valence-corrected chi connectivity index (χ0v) is 14.1. The topological polar surface area (TPSA) is 60.8 Å². The average Bonchev–Trinajstić information content (AvgIpc) is 2.97. The van der Waals surface area contributed by atoms with Crippen LogP contribution in [0.3, 0.4) is 0 Å². The third kappa shape index (κ3) is 3.47. The zero-order chi connectivity index (χ0) is 16.4. The van der Waals surface area contributed by atoms with Gasteiger partial charge in [-0.25, -0.2) is 0 Å². The van der Waals surface area contributed by atoms with Gasteiger partial charge in [-0.2, -0.15) is 0 Å². The van der Waals surface area contributed by atoms with E-state index >= 15 is 0 Å². The van der Waals surface area contributed by atoms with Crippen molar-refractivity contribution in [2.24, 2.45) is 0 Å². The molecule has 2 aromatic carbocycles. The van der Waals surface area contributed by atoms with Crippen molar-refractivity contribution in [3.8, 4) is 0 Å². The number of amides is 1. The molecule has 4 nitrogen and oxygen atoms in total. The first-order chi connectivity index (χ1) is 11.1. The first-order valence-electron chi connectivity index (χ1n) is 7.54. The Labute approximate surface area is 143 Å². The maximum absolute atomic E-state index is 12.7. The van der Waals surface area contributed by atoms with Crippen LogP contribution in [0.4, 0.5) is 0 Å². The molecule has 3 atom stereocenters. The lowest BCUT2D eigenvalue weighted by molar-refractivity contribution is 0.0485. The van der Waals surface area contributed by atoms with E-state index in [4.69, 9.17) is 0 Å². The van der Waals surface area contributed by atoms with Gasteiger partial charge < -0.3 is 15.1 Å². The molecule has 1 aliphatic heterocycles. The first-order valence-corrected chi connectivity index (χ1v) is 8.33. The predicted octanol–water partition coefficient (Wildman–Crippen LogP) is 2.76. The van der Waals surface area contributed by atoms with E-state index in [1.807, 2.05) is 30.3 Å². The van der Waals surface area contributed by atoms with E-state index < -0.39 is 18.2 Å². The molecule has 2 aromatic rings. The van der Waals surface area contributed by atoms with Crippen LogP contribution in [0.5, 0.6) is 0 Å². The molecule has 5 heteroatoms. The summed E-state index contributed by atoms with van der Waals surface area (Å²) in [4.78, 5) is 14.3. The number of hydrogen-bond donors (Lipinski definition) is 2. The number of halogens is 1. The van der Waals surface area contributed by atoms with Gasteiger partial charge in [0.25, 0.3) is 5.91 Å². The van der Waals surface area contributed by atoms with Gasteiger partial charge in [0.05, 0.1) is 18.2 Å². The minimum absolute atomic E-state index is 0.164. The average molecular weight is 376 g/mol. The highest BCUT2D eigenvalue weighted by atomic mass is 79.9. The largest absolute Gasteiger partial charge is 0.391 e. The van der Waals surface area contributed by atoms with E-state index in [9.17, 15) is 15.0 Å². The van der Waals surface area contributed by atoms with Crippen molar-refractivity contribution in [2.75, 3.05) is 6.54 Å². The van der Waals surface area contributed by atoms with Crippen LogP contribution in [0, 0.1) is 0 Å².